The fourth-order valence-corrected chi connectivity index (χ4v) is 4.73. The number of aryl methyl sites for hydroxylation is 1. The van der Waals surface area contributed by atoms with Gasteiger partial charge in [0.15, 0.2) is 0 Å². The maximum Gasteiger partial charge on any atom is 0.220 e. The Bertz CT molecular complexity index is 882. The Kier molecular flexibility index (Phi) is 6.13. The summed E-state index contributed by atoms with van der Waals surface area (Å²) < 4.78 is 0. The molecule has 1 aromatic heterocycles. The molecule has 0 saturated heterocycles. The molecule has 2 atom stereocenters. The van der Waals surface area contributed by atoms with Crippen molar-refractivity contribution in [3.8, 4) is 0 Å². The van der Waals surface area contributed by atoms with Gasteiger partial charge in [0, 0.05) is 24.6 Å². The van der Waals surface area contributed by atoms with Gasteiger partial charge in [0.25, 0.3) is 0 Å². The summed E-state index contributed by atoms with van der Waals surface area (Å²) >= 11 is 0. The van der Waals surface area contributed by atoms with Gasteiger partial charge in [-0.1, -0.05) is 56.7 Å². The molecule has 3 heteroatoms. The summed E-state index contributed by atoms with van der Waals surface area (Å²) in [6.45, 7) is 4.41. The highest BCUT2D eigenvalue weighted by molar-refractivity contribution is 5.76. The standard InChI is InChI=1S/C26H32N2O/c1-18(2)20-12-9-19(10-13-20)11-14-25(29)28-23-7-3-6-22(17-23)26-24-8-4-5-21(24)15-16-27-26/h4,8-10,12-13,15-16,18,22-23H,3,5-7,11,14,17H2,1-2H3,(H,28,29)/t22?,23-/m1/s1. The molecular weight excluding hydrogens is 356 g/mol. The normalized spacial score (nSPS) is 20.7. The van der Waals surface area contributed by atoms with E-state index in [0.717, 1.165) is 32.1 Å². The van der Waals surface area contributed by atoms with E-state index in [2.05, 4.69) is 61.6 Å². The summed E-state index contributed by atoms with van der Waals surface area (Å²) in [4.78, 5) is 17.3. The molecule has 3 nitrogen and oxygen atoms in total. The minimum Gasteiger partial charge on any atom is -0.353 e. The molecule has 2 aliphatic rings. The number of nitrogens with zero attached hydrogens (tertiary/aromatic N) is 1. The summed E-state index contributed by atoms with van der Waals surface area (Å²) in [5.74, 6) is 1.17. The van der Waals surface area contributed by atoms with Crippen LogP contribution in [0.4, 0.5) is 0 Å². The van der Waals surface area contributed by atoms with Gasteiger partial charge in [-0.15, -0.1) is 0 Å². The Morgan fingerprint density at radius 1 is 1.17 bits per heavy atom. The van der Waals surface area contributed by atoms with Crippen molar-refractivity contribution >= 4 is 12.0 Å². The number of rotatable bonds is 6. The third-order valence-corrected chi connectivity index (χ3v) is 6.45. The third kappa shape index (κ3) is 4.77. The van der Waals surface area contributed by atoms with E-state index in [4.69, 9.17) is 4.98 Å². The second kappa shape index (κ2) is 8.94. The van der Waals surface area contributed by atoms with Crippen LogP contribution in [-0.4, -0.2) is 16.9 Å². The predicted molar refractivity (Wildman–Crippen MR) is 119 cm³/mol. The molecule has 1 aromatic carbocycles. The molecule has 1 heterocycles. The van der Waals surface area contributed by atoms with Gasteiger partial charge >= 0.3 is 0 Å². The lowest BCUT2D eigenvalue weighted by Gasteiger charge is -2.30. The second-order valence-electron chi connectivity index (χ2n) is 8.90. The Hall–Kier alpha value is -2.42. The van der Waals surface area contributed by atoms with E-state index in [9.17, 15) is 4.79 Å². The number of carbonyl (C=O) groups is 1. The smallest absolute Gasteiger partial charge is 0.220 e. The van der Waals surface area contributed by atoms with Crippen molar-refractivity contribution < 1.29 is 4.79 Å². The predicted octanol–water partition coefficient (Wildman–Crippen LogP) is 5.55. The zero-order valence-corrected chi connectivity index (χ0v) is 17.7. The molecule has 0 aliphatic heterocycles. The van der Waals surface area contributed by atoms with Crippen LogP contribution in [-0.2, 0) is 17.6 Å². The molecule has 0 bridgehead atoms. The van der Waals surface area contributed by atoms with Crippen molar-refractivity contribution in [2.45, 2.75) is 76.7 Å². The number of hydrogen-bond acceptors (Lipinski definition) is 2. The van der Waals surface area contributed by atoms with Crippen molar-refractivity contribution in [3.63, 3.8) is 0 Å². The van der Waals surface area contributed by atoms with Crippen LogP contribution in [0.25, 0.3) is 6.08 Å². The zero-order chi connectivity index (χ0) is 20.2. The van der Waals surface area contributed by atoms with E-state index in [1.165, 1.54) is 34.4 Å². The summed E-state index contributed by atoms with van der Waals surface area (Å²) in [5.41, 5.74) is 6.55. The number of carbonyl (C=O) groups excluding carboxylic acids is 1. The first-order valence-corrected chi connectivity index (χ1v) is 11.1. The van der Waals surface area contributed by atoms with Gasteiger partial charge in [-0.25, -0.2) is 0 Å². The quantitative estimate of drug-likeness (QED) is 0.705. The van der Waals surface area contributed by atoms with Gasteiger partial charge in [0.2, 0.25) is 5.91 Å². The molecule has 1 saturated carbocycles. The van der Waals surface area contributed by atoms with E-state index < -0.39 is 0 Å². The van der Waals surface area contributed by atoms with Crippen LogP contribution in [0, 0.1) is 0 Å². The fraction of sp³-hybridized carbons (Fsp3) is 0.462. The van der Waals surface area contributed by atoms with Crippen molar-refractivity contribution in [3.05, 3.63) is 70.6 Å². The number of aromatic nitrogens is 1. The molecule has 2 aliphatic carbocycles. The van der Waals surface area contributed by atoms with Gasteiger partial charge in [-0.05, 0) is 66.3 Å². The number of allylic oxidation sites excluding steroid dienone is 1. The lowest BCUT2D eigenvalue weighted by atomic mass is 9.81. The van der Waals surface area contributed by atoms with Gasteiger partial charge in [0.1, 0.15) is 0 Å². The second-order valence-corrected chi connectivity index (χ2v) is 8.90. The first-order chi connectivity index (χ1) is 14.1. The highest BCUT2D eigenvalue weighted by Gasteiger charge is 2.27. The number of amides is 1. The number of nitrogens with one attached hydrogen (secondary N) is 1. The molecule has 29 heavy (non-hydrogen) atoms. The monoisotopic (exact) mass is 388 g/mol. The van der Waals surface area contributed by atoms with E-state index in [0.29, 0.717) is 18.3 Å². The van der Waals surface area contributed by atoms with Gasteiger partial charge < -0.3 is 5.32 Å². The molecule has 1 fully saturated rings. The Labute approximate surface area is 174 Å². The Morgan fingerprint density at radius 2 is 2.00 bits per heavy atom. The molecule has 2 aromatic rings. The zero-order valence-electron chi connectivity index (χ0n) is 17.7. The van der Waals surface area contributed by atoms with E-state index in [1.807, 2.05) is 6.20 Å². The topological polar surface area (TPSA) is 42.0 Å². The highest BCUT2D eigenvalue weighted by Crippen LogP contribution is 2.36. The maximum atomic E-state index is 12.6. The number of pyridine rings is 1. The molecule has 0 spiro atoms. The minimum atomic E-state index is 0.176. The van der Waals surface area contributed by atoms with Crippen molar-refractivity contribution in [1.29, 1.82) is 0 Å². The van der Waals surface area contributed by atoms with Crippen LogP contribution < -0.4 is 5.32 Å². The largest absolute Gasteiger partial charge is 0.353 e. The fourth-order valence-electron chi connectivity index (χ4n) is 4.73. The van der Waals surface area contributed by atoms with Crippen molar-refractivity contribution in [1.82, 2.24) is 10.3 Å². The van der Waals surface area contributed by atoms with E-state index in [1.54, 1.807) is 0 Å². The van der Waals surface area contributed by atoms with Crippen LogP contribution in [0.2, 0.25) is 0 Å². The van der Waals surface area contributed by atoms with E-state index in [-0.39, 0.29) is 11.9 Å². The van der Waals surface area contributed by atoms with Crippen molar-refractivity contribution in [2.75, 3.05) is 0 Å². The molecular formula is C26H32N2O. The van der Waals surface area contributed by atoms with Gasteiger partial charge in [-0.2, -0.15) is 0 Å². The van der Waals surface area contributed by atoms with Crippen molar-refractivity contribution in [2.24, 2.45) is 0 Å². The highest BCUT2D eigenvalue weighted by atomic mass is 16.1. The average Bonchev–Trinajstić information content (AvgIpc) is 3.22. The Balaban J connectivity index is 1.31. The van der Waals surface area contributed by atoms with Crippen LogP contribution in [0.3, 0.4) is 0 Å². The summed E-state index contributed by atoms with van der Waals surface area (Å²) in [6, 6.07) is 11.1. The SMILES string of the molecule is CC(C)c1ccc(CCC(=O)N[C@@H]2CCCC(c3nccc4c3C=CC4)C2)cc1. The third-order valence-electron chi connectivity index (χ3n) is 6.45. The first-order valence-electron chi connectivity index (χ1n) is 11.1. The Morgan fingerprint density at radius 3 is 2.79 bits per heavy atom. The lowest BCUT2D eigenvalue weighted by Crippen LogP contribution is -2.38. The van der Waals surface area contributed by atoms with Crippen LogP contribution in [0.1, 0.15) is 85.7 Å². The average molecular weight is 389 g/mol. The summed E-state index contributed by atoms with van der Waals surface area (Å²) in [7, 11) is 0. The minimum absolute atomic E-state index is 0.176. The van der Waals surface area contributed by atoms with Crippen LogP contribution in [0.15, 0.2) is 42.6 Å². The number of hydrogen-bond donors (Lipinski definition) is 1. The molecule has 152 valence electrons. The first kappa shape index (κ1) is 19.9. The molecule has 0 radical (unpaired) electrons. The maximum absolute atomic E-state index is 12.6. The number of benzene rings is 1. The van der Waals surface area contributed by atoms with E-state index >= 15 is 0 Å². The molecule has 1 amide bonds. The van der Waals surface area contributed by atoms with Gasteiger partial charge in [0.05, 0.1) is 5.69 Å². The molecule has 4 rings (SSSR count). The van der Waals surface area contributed by atoms with Crippen LogP contribution >= 0.6 is 0 Å². The summed E-state index contributed by atoms with van der Waals surface area (Å²) in [5, 5.41) is 3.30. The lowest BCUT2D eigenvalue weighted by molar-refractivity contribution is -0.122. The van der Waals surface area contributed by atoms with Crippen LogP contribution in [0.5, 0.6) is 0 Å². The summed E-state index contributed by atoms with van der Waals surface area (Å²) in [6.07, 6.45) is 13.2. The molecule has 1 N–H and O–H groups in total. The number of fused-ring (bicyclic) bond motifs is 1. The molecule has 1 unspecified atom stereocenters. The van der Waals surface area contributed by atoms with Gasteiger partial charge in [-0.3, -0.25) is 9.78 Å².